The molecule has 8 nitrogen and oxygen atoms in total. The van der Waals surface area contributed by atoms with Crippen molar-refractivity contribution in [3.63, 3.8) is 0 Å². The van der Waals surface area contributed by atoms with Crippen LogP contribution in [0.4, 0.5) is 11.4 Å². The normalized spacial score (nSPS) is 10.3. The monoisotopic (exact) mass is 404 g/mol. The molecule has 4 N–H and O–H groups in total. The van der Waals surface area contributed by atoms with Gasteiger partial charge in [-0.2, -0.15) is 0 Å². The van der Waals surface area contributed by atoms with Crippen molar-refractivity contribution in [2.75, 3.05) is 10.6 Å². The smallest absolute Gasteiger partial charge is 0.328 e. The zero-order valence-corrected chi connectivity index (χ0v) is 15.5. The second-order valence-corrected chi connectivity index (χ2v) is 5.66. The summed E-state index contributed by atoms with van der Waals surface area (Å²) in [7, 11) is 0. The minimum absolute atomic E-state index is 0.385. The van der Waals surface area contributed by atoms with Crippen LogP contribution in [0.2, 0.25) is 0 Å². The summed E-state index contributed by atoms with van der Waals surface area (Å²) in [5.74, 6) is 2.07. The maximum Gasteiger partial charge on any atom is 0.328 e. The lowest BCUT2D eigenvalue weighted by Crippen LogP contribution is -2.10. The number of carbonyl (C=O) groups is 4. The van der Waals surface area contributed by atoms with E-state index in [0.29, 0.717) is 22.5 Å². The Kier molecular flexibility index (Phi) is 7.68. The molecule has 0 aliphatic carbocycles. The molecule has 0 unspecified atom stereocenters. The zero-order chi connectivity index (χ0) is 21.9. The van der Waals surface area contributed by atoms with Crippen molar-refractivity contribution in [1.29, 1.82) is 0 Å². The number of rotatable bonds is 6. The topological polar surface area (TPSA) is 133 Å². The van der Waals surface area contributed by atoms with Gasteiger partial charge in [-0.3, -0.25) is 9.59 Å². The fraction of sp³-hybridized carbons (Fsp3) is 0. The Balaban J connectivity index is 2.25. The maximum atomic E-state index is 11.8. The summed E-state index contributed by atoms with van der Waals surface area (Å²) in [6, 6.07) is 13.4. The van der Waals surface area contributed by atoms with E-state index in [2.05, 4.69) is 22.5 Å². The van der Waals surface area contributed by atoms with Crippen molar-refractivity contribution in [1.82, 2.24) is 0 Å². The van der Waals surface area contributed by atoms with Crippen molar-refractivity contribution in [3.8, 4) is 11.8 Å². The van der Waals surface area contributed by atoms with Gasteiger partial charge in [0, 0.05) is 35.4 Å². The van der Waals surface area contributed by atoms with Crippen LogP contribution in [-0.4, -0.2) is 34.0 Å². The Morgan fingerprint density at radius 3 is 1.37 bits per heavy atom. The number of anilines is 2. The van der Waals surface area contributed by atoms with Gasteiger partial charge >= 0.3 is 11.9 Å². The first-order valence-corrected chi connectivity index (χ1v) is 8.49. The molecule has 0 radical (unpaired) electrons. The Hall–Kier alpha value is -4.64. The highest BCUT2D eigenvalue weighted by Crippen LogP contribution is 2.17. The van der Waals surface area contributed by atoms with Gasteiger partial charge in [-0.15, -0.1) is 0 Å². The molecule has 0 aliphatic heterocycles. The minimum Gasteiger partial charge on any atom is -0.478 e. The number of hydrogen-bond acceptors (Lipinski definition) is 4. The number of carboxylic acid groups (broad SMARTS) is 2. The molecule has 0 saturated carbocycles. The van der Waals surface area contributed by atoms with Gasteiger partial charge in [0.15, 0.2) is 0 Å². The van der Waals surface area contributed by atoms with E-state index in [1.54, 1.807) is 48.5 Å². The minimum atomic E-state index is -1.24. The standard InChI is InChI=1S/C22H16N2O6/c25-19(11-13-21(27)28)23-17-7-3-1-5-15(17)9-10-16-6-2-4-8-18(16)24-20(26)12-14-22(29)30/h1-8,11-14H,(H,23,25)(H,24,26)(H,27,28)(H,29,30)/b13-11-,14-12-. The second-order valence-electron chi connectivity index (χ2n) is 5.66. The molecular formula is C22H16N2O6. The van der Waals surface area contributed by atoms with Crippen LogP contribution in [0.5, 0.6) is 0 Å². The first kappa shape index (κ1) is 21.7. The molecular weight excluding hydrogens is 388 g/mol. The molecule has 2 rings (SSSR count). The molecule has 2 amide bonds. The maximum absolute atomic E-state index is 11.8. The van der Waals surface area contributed by atoms with Gasteiger partial charge in [0.05, 0.1) is 11.4 Å². The van der Waals surface area contributed by atoms with E-state index >= 15 is 0 Å². The van der Waals surface area contributed by atoms with Crippen LogP contribution in [-0.2, 0) is 19.2 Å². The lowest BCUT2D eigenvalue weighted by molar-refractivity contribution is -0.132. The summed E-state index contributed by atoms with van der Waals surface area (Å²) in [4.78, 5) is 44.7. The number of amides is 2. The van der Waals surface area contributed by atoms with E-state index in [0.717, 1.165) is 24.3 Å². The molecule has 0 saturated heterocycles. The summed E-state index contributed by atoms with van der Waals surface area (Å²) >= 11 is 0. The number of aliphatic carboxylic acids is 2. The van der Waals surface area contributed by atoms with Gasteiger partial charge in [0.25, 0.3) is 0 Å². The average molecular weight is 404 g/mol. The summed E-state index contributed by atoms with van der Waals surface area (Å²) in [6.07, 6.45) is 3.23. The molecule has 2 aromatic rings. The van der Waals surface area contributed by atoms with Gasteiger partial charge in [-0.25, -0.2) is 9.59 Å². The van der Waals surface area contributed by atoms with Gasteiger partial charge in [-0.05, 0) is 24.3 Å². The SMILES string of the molecule is O=C(O)/C=C\C(=O)Nc1ccccc1C#Cc1ccccc1NC(=O)/C=C\C(=O)O. The van der Waals surface area contributed by atoms with Crippen LogP contribution in [0.15, 0.2) is 72.8 Å². The van der Waals surface area contributed by atoms with E-state index in [4.69, 9.17) is 10.2 Å². The van der Waals surface area contributed by atoms with Crippen molar-refractivity contribution in [2.45, 2.75) is 0 Å². The van der Waals surface area contributed by atoms with Gasteiger partial charge in [0.2, 0.25) is 11.8 Å². The van der Waals surface area contributed by atoms with Gasteiger partial charge < -0.3 is 20.8 Å². The predicted molar refractivity (Wildman–Crippen MR) is 110 cm³/mol. The molecule has 8 heteroatoms. The molecule has 0 aliphatic rings. The van der Waals surface area contributed by atoms with Crippen molar-refractivity contribution >= 4 is 35.1 Å². The third-order valence-corrected chi connectivity index (χ3v) is 3.46. The molecule has 0 bridgehead atoms. The zero-order valence-electron chi connectivity index (χ0n) is 15.5. The molecule has 0 spiro atoms. The quantitative estimate of drug-likeness (QED) is 0.431. The largest absolute Gasteiger partial charge is 0.478 e. The van der Waals surface area contributed by atoms with E-state index in [-0.39, 0.29) is 0 Å². The van der Waals surface area contributed by atoms with E-state index in [1.165, 1.54) is 0 Å². The second kappa shape index (κ2) is 10.6. The molecule has 0 atom stereocenters. The van der Waals surface area contributed by atoms with Crippen LogP contribution in [0, 0.1) is 11.8 Å². The first-order valence-electron chi connectivity index (χ1n) is 8.49. The summed E-state index contributed by atoms with van der Waals surface area (Å²) in [5, 5.41) is 22.3. The van der Waals surface area contributed by atoms with E-state index < -0.39 is 23.8 Å². The molecule has 0 fully saturated rings. The van der Waals surface area contributed by atoms with Crippen LogP contribution >= 0.6 is 0 Å². The summed E-state index contributed by atoms with van der Waals surface area (Å²) < 4.78 is 0. The predicted octanol–water partition coefficient (Wildman–Crippen LogP) is 2.24. The Morgan fingerprint density at radius 2 is 1.00 bits per heavy atom. The number of carboxylic acids is 2. The van der Waals surface area contributed by atoms with Crippen LogP contribution in [0.3, 0.4) is 0 Å². The molecule has 2 aromatic carbocycles. The van der Waals surface area contributed by atoms with Crippen LogP contribution in [0.1, 0.15) is 11.1 Å². The van der Waals surface area contributed by atoms with Crippen molar-refractivity contribution < 1.29 is 29.4 Å². The Labute approximate surface area is 171 Å². The number of hydrogen-bond donors (Lipinski definition) is 4. The molecule has 150 valence electrons. The van der Waals surface area contributed by atoms with Crippen LogP contribution in [0.25, 0.3) is 0 Å². The fourth-order valence-electron chi connectivity index (χ4n) is 2.18. The highest BCUT2D eigenvalue weighted by Gasteiger charge is 2.05. The molecule has 30 heavy (non-hydrogen) atoms. The lowest BCUT2D eigenvalue weighted by Gasteiger charge is -2.06. The number of nitrogens with one attached hydrogen (secondary N) is 2. The fourth-order valence-corrected chi connectivity index (χ4v) is 2.18. The lowest BCUT2D eigenvalue weighted by atomic mass is 10.1. The van der Waals surface area contributed by atoms with E-state index in [9.17, 15) is 19.2 Å². The molecule has 0 heterocycles. The highest BCUT2D eigenvalue weighted by molar-refractivity contribution is 6.03. The number of para-hydroxylation sites is 2. The average Bonchev–Trinajstić information content (AvgIpc) is 2.71. The summed E-state index contributed by atoms with van der Waals surface area (Å²) in [6.45, 7) is 0. The number of benzene rings is 2. The summed E-state index contributed by atoms with van der Waals surface area (Å²) in [5.41, 5.74) is 1.72. The third-order valence-electron chi connectivity index (χ3n) is 3.46. The van der Waals surface area contributed by atoms with Gasteiger partial charge in [0.1, 0.15) is 0 Å². The van der Waals surface area contributed by atoms with Crippen molar-refractivity contribution in [2.24, 2.45) is 0 Å². The number of carbonyl (C=O) groups excluding carboxylic acids is 2. The van der Waals surface area contributed by atoms with Crippen molar-refractivity contribution in [3.05, 3.63) is 84.0 Å². The van der Waals surface area contributed by atoms with Gasteiger partial charge in [-0.1, -0.05) is 36.1 Å². The highest BCUT2D eigenvalue weighted by atomic mass is 16.4. The Bertz CT molecular complexity index is 1020. The Morgan fingerprint density at radius 1 is 0.633 bits per heavy atom. The van der Waals surface area contributed by atoms with Crippen LogP contribution < -0.4 is 10.6 Å². The van der Waals surface area contributed by atoms with E-state index in [1.807, 2.05) is 0 Å². The third kappa shape index (κ3) is 7.17. The molecule has 0 aromatic heterocycles. The first-order chi connectivity index (χ1) is 14.3.